The molecule has 0 heterocycles. The highest BCUT2D eigenvalue weighted by Gasteiger charge is 2.25. The van der Waals surface area contributed by atoms with Crippen molar-refractivity contribution in [2.45, 2.75) is 70.1 Å². The van der Waals surface area contributed by atoms with Crippen LogP contribution in [0.3, 0.4) is 0 Å². The van der Waals surface area contributed by atoms with Crippen LogP contribution in [0.4, 0.5) is 4.39 Å². The van der Waals surface area contributed by atoms with Crippen LogP contribution in [-0.4, -0.2) is 13.7 Å². The number of ether oxygens (including phenoxy) is 1. The summed E-state index contributed by atoms with van der Waals surface area (Å²) in [4.78, 5) is 0. The van der Waals surface area contributed by atoms with Gasteiger partial charge in [-0.15, -0.1) is 0 Å². The molecule has 0 radical (unpaired) electrons. The second-order valence-corrected chi connectivity index (χ2v) is 9.96. The van der Waals surface area contributed by atoms with Crippen LogP contribution in [0.2, 0.25) is 5.02 Å². The smallest absolute Gasteiger partial charge is 0.149 e. The first-order valence-corrected chi connectivity index (χ1v) is 12.0. The van der Waals surface area contributed by atoms with Gasteiger partial charge in [0.25, 0.3) is 0 Å². The van der Waals surface area contributed by atoms with E-state index in [1.165, 1.54) is 44.1 Å². The molecule has 30 heavy (non-hydrogen) atoms. The van der Waals surface area contributed by atoms with Crippen LogP contribution in [0.15, 0.2) is 36.4 Å². The van der Waals surface area contributed by atoms with E-state index in [0.29, 0.717) is 28.3 Å². The molecule has 2 aliphatic carbocycles. The Balaban J connectivity index is 1.47. The van der Waals surface area contributed by atoms with Crippen LogP contribution in [0.1, 0.15) is 81.3 Å². The van der Waals surface area contributed by atoms with Crippen molar-refractivity contribution >= 4 is 11.6 Å². The molecule has 2 saturated carbocycles. The second kappa shape index (κ2) is 9.83. The molecule has 1 nitrogen and oxygen atoms in total. The first-order valence-electron chi connectivity index (χ1n) is 11.6. The van der Waals surface area contributed by atoms with Gasteiger partial charge in [0.15, 0.2) is 0 Å². The summed E-state index contributed by atoms with van der Waals surface area (Å²) in [6.45, 7) is 3.18. The van der Waals surface area contributed by atoms with E-state index in [-0.39, 0.29) is 5.82 Å². The van der Waals surface area contributed by atoms with Gasteiger partial charge >= 0.3 is 0 Å². The molecule has 2 fully saturated rings. The summed E-state index contributed by atoms with van der Waals surface area (Å²) >= 11 is 6.53. The number of methoxy groups -OCH3 is 1. The SMILES string of the molecule is COCC1CCC(c2ccc(-c3ccc(C4CCC(C)CC4)c(Cl)c3F)cc2)CC1. The van der Waals surface area contributed by atoms with Gasteiger partial charge in [0.2, 0.25) is 0 Å². The minimum atomic E-state index is -0.263. The molecule has 4 rings (SSSR count). The van der Waals surface area contributed by atoms with Crippen LogP contribution in [-0.2, 0) is 4.74 Å². The number of hydrogen-bond acceptors (Lipinski definition) is 1. The lowest BCUT2D eigenvalue weighted by molar-refractivity contribution is 0.127. The van der Waals surface area contributed by atoms with E-state index in [2.05, 4.69) is 37.3 Å². The maximum absolute atomic E-state index is 15.2. The Labute approximate surface area is 186 Å². The molecule has 0 N–H and O–H groups in total. The van der Waals surface area contributed by atoms with Gasteiger partial charge in [-0.2, -0.15) is 0 Å². The van der Waals surface area contributed by atoms with Crippen molar-refractivity contribution < 1.29 is 9.13 Å². The van der Waals surface area contributed by atoms with Crippen molar-refractivity contribution in [2.75, 3.05) is 13.7 Å². The van der Waals surface area contributed by atoms with Gasteiger partial charge in [0.05, 0.1) is 5.02 Å². The summed E-state index contributed by atoms with van der Waals surface area (Å²) in [6, 6.07) is 12.5. The van der Waals surface area contributed by atoms with E-state index in [0.717, 1.165) is 36.5 Å². The molecule has 3 heteroatoms. The molecule has 162 valence electrons. The largest absolute Gasteiger partial charge is 0.384 e. The summed E-state index contributed by atoms with van der Waals surface area (Å²) in [6.07, 6.45) is 9.52. The van der Waals surface area contributed by atoms with E-state index in [1.54, 1.807) is 7.11 Å². The lowest BCUT2D eigenvalue weighted by Gasteiger charge is -2.28. The Bertz CT molecular complexity index is 831. The molecule has 0 aromatic heterocycles. The fraction of sp³-hybridized carbons (Fsp3) is 0.556. The van der Waals surface area contributed by atoms with Crippen molar-refractivity contribution in [3.05, 3.63) is 58.4 Å². The fourth-order valence-electron chi connectivity index (χ4n) is 5.51. The highest BCUT2D eigenvalue weighted by molar-refractivity contribution is 6.32. The Hall–Kier alpha value is -1.38. The molecule has 0 aliphatic heterocycles. The standard InChI is InChI=1S/C27H34ClFO/c1-18-3-7-22(8-4-18)24-15-16-25(27(29)26(24)28)23-13-11-21(12-14-23)20-9-5-19(6-10-20)17-30-2/h11-16,18-20,22H,3-10,17H2,1-2H3. The van der Waals surface area contributed by atoms with E-state index >= 15 is 4.39 Å². The molecule has 0 amide bonds. The predicted octanol–water partition coefficient (Wildman–Crippen LogP) is 8.36. The normalized spacial score (nSPS) is 27.2. The fourth-order valence-corrected chi connectivity index (χ4v) is 5.83. The van der Waals surface area contributed by atoms with E-state index in [9.17, 15) is 0 Å². The second-order valence-electron chi connectivity index (χ2n) is 9.58. The highest BCUT2D eigenvalue weighted by Crippen LogP contribution is 2.42. The molecule has 0 bridgehead atoms. The summed E-state index contributed by atoms with van der Waals surface area (Å²) in [5.74, 6) is 2.22. The minimum Gasteiger partial charge on any atom is -0.384 e. The first-order chi connectivity index (χ1) is 14.6. The summed E-state index contributed by atoms with van der Waals surface area (Å²) in [7, 11) is 1.79. The summed E-state index contributed by atoms with van der Waals surface area (Å²) in [5.41, 5.74) is 3.89. The molecule has 2 aliphatic rings. The van der Waals surface area contributed by atoms with Gasteiger partial charge in [-0.1, -0.05) is 67.8 Å². The average Bonchev–Trinajstić information content (AvgIpc) is 2.77. The Kier molecular flexibility index (Phi) is 7.16. The maximum Gasteiger partial charge on any atom is 0.149 e. The highest BCUT2D eigenvalue weighted by atomic mass is 35.5. The third-order valence-corrected chi connectivity index (χ3v) is 7.89. The topological polar surface area (TPSA) is 9.23 Å². The number of rotatable bonds is 5. The van der Waals surface area contributed by atoms with Crippen molar-refractivity contribution in [2.24, 2.45) is 11.8 Å². The predicted molar refractivity (Wildman–Crippen MR) is 124 cm³/mol. The van der Waals surface area contributed by atoms with Gasteiger partial charge in [0, 0.05) is 19.3 Å². The monoisotopic (exact) mass is 428 g/mol. The molecule has 2 aromatic carbocycles. The van der Waals surface area contributed by atoms with Crippen LogP contribution in [0, 0.1) is 17.7 Å². The van der Waals surface area contributed by atoms with Gasteiger partial charge < -0.3 is 4.74 Å². The Morgan fingerprint density at radius 3 is 2.13 bits per heavy atom. The molecular formula is C27H34ClFO. The van der Waals surface area contributed by atoms with Gasteiger partial charge in [-0.05, 0) is 78.9 Å². The quantitative estimate of drug-likeness (QED) is 0.464. The lowest BCUT2D eigenvalue weighted by Crippen LogP contribution is -2.17. The van der Waals surface area contributed by atoms with Crippen molar-refractivity contribution in [3.63, 3.8) is 0 Å². The number of halogens is 2. The number of hydrogen-bond donors (Lipinski definition) is 0. The molecule has 0 unspecified atom stereocenters. The molecular weight excluding hydrogens is 395 g/mol. The molecule has 0 saturated heterocycles. The first kappa shape index (κ1) is 21.8. The van der Waals surface area contributed by atoms with Gasteiger partial charge in [0.1, 0.15) is 5.82 Å². The maximum atomic E-state index is 15.2. The van der Waals surface area contributed by atoms with Crippen molar-refractivity contribution in [1.29, 1.82) is 0 Å². The van der Waals surface area contributed by atoms with Crippen LogP contribution >= 0.6 is 11.6 Å². The Morgan fingerprint density at radius 1 is 0.867 bits per heavy atom. The summed E-state index contributed by atoms with van der Waals surface area (Å²) in [5, 5.41) is 0.326. The van der Waals surface area contributed by atoms with Crippen LogP contribution < -0.4 is 0 Å². The zero-order chi connectivity index (χ0) is 21.1. The van der Waals surface area contributed by atoms with E-state index < -0.39 is 0 Å². The molecule has 0 spiro atoms. The zero-order valence-corrected chi connectivity index (χ0v) is 19.1. The number of benzene rings is 2. The molecule has 2 aromatic rings. The van der Waals surface area contributed by atoms with Gasteiger partial charge in [-0.3, -0.25) is 0 Å². The Morgan fingerprint density at radius 2 is 1.50 bits per heavy atom. The van der Waals surface area contributed by atoms with Crippen LogP contribution in [0.5, 0.6) is 0 Å². The summed E-state index contributed by atoms with van der Waals surface area (Å²) < 4.78 is 20.5. The minimum absolute atomic E-state index is 0.263. The zero-order valence-electron chi connectivity index (χ0n) is 18.3. The van der Waals surface area contributed by atoms with E-state index in [1.807, 2.05) is 6.07 Å². The lowest BCUT2D eigenvalue weighted by atomic mass is 9.78. The van der Waals surface area contributed by atoms with Crippen LogP contribution in [0.25, 0.3) is 11.1 Å². The van der Waals surface area contributed by atoms with Crippen molar-refractivity contribution in [1.82, 2.24) is 0 Å². The average molecular weight is 429 g/mol. The van der Waals surface area contributed by atoms with Crippen molar-refractivity contribution in [3.8, 4) is 11.1 Å². The van der Waals surface area contributed by atoms with Gasteiger partial charge in [-0.25, -0.2) is 4.39 Å². The van der Waals surface area contributed by atoms with E-state index in [4.69, 9.17) is 16.3 Å². The third-order valence-electron chi connectivity index (χ3n) is 7.51. The third kappa shape index (κ3) is 4.75. The molecule has 0 atom stereocenters.